The Morgan fingerprint density at radius 3 is 2.36 bits per heavy atom. The highest BCUT2D eigenvalue weighted by molar-refractivity contribution is 6.14. The molecule has 1 fully saturated rings. The van der Waals surface area contributed by atoms with Gasteiger partial charge in [-0.25, -0.2) is 4.57 Å². The fraction of sp³-hybridized carbons (Fsp3) is 0.333. The molecule has 0 atom stereocenters. The molecule has 5 aromatic rings. The molecule has 0 spiro atoms. The van der Waals surface area contributed by atoms with Crippen LogP contribution >= 0.6 is 0 Å². The Labute approximate surface area is 230 Å². The van der Waals surface area contributed by atoms with Gasteiger partial charge in [0.25, 0.3) is 0 Å². The number of fused-ring (bicyclic) bond motifs is 4. The fourth-order valence-corrected chi connectivity index (χ4v) is 7.37. The van der Waals surface area contributed by atoms with Crippen LogP contribution in [0.25, 0.3) is 44.3 Å². The molecule has 1 saturated carbocycles. The molecule has 0 amide bonds. The lowest BCUT2D eigenvalue weighted by molar-refractivity contribution is -0.660. The number of rotatable bonds is 3. The summed E-state index contributed by atoms with van der Waals surface area (Å²) in [7, 11) is 2.09. The SMILES string of the molecule is Cc1cc[n+](C)c(-c2c(C)ccc3c2oc2c(-c4ccc(C5CCCCC5)c5c4CCC5)c(C#N)ccc23)c1. The van der Waals surface area contributed by atoms with Gasteiger partial charge in [-0.1, -0.05) is 43.5 Å². The van der Waals surface area contributed by atoms with E-state index in [-0.39, 0.29) is 0 Å². The first-order chi connectivity index (χ1) is 19.0. The Kier molecular flexibility index (Phi) is 5.81. The number of aromatic nitrogens is 1. The minimum Gasteiger partial charge on any atom is -0.454 e. The Morgan fingerprint density at radius 1 is 0.821 bits per heavy atom. The minimum absolute atomic E-state index is 0.692. The van der Waals surface area contributed by atoms with E-state index in [9.17, 15) is 5.26 Å². The van der Waals surface area contributed by atoms with Crippen LogP contribution in [0.2, 0.25) is 0 Å². The van der Waals surface area contributed by atoms with E-state index in [4.69, 9.17) is 4.42 Å². The molecule has 3 nitrogen and oxygen atoms in total. The smallest absolute Gasteiger partial charge is 0.216 e. The molecule has 194 valence electrons. The molecule has 39 heavy (non-hydrogen) atoms. The van der Waals surface area contributed by atoms with E-state index in [2.05, 4.69) is 80.2 Å². The highest BCUT2D eigenvalue weighted by Crippen LogP contribution is 2.46. The lowest BCUT2D eigenvalue weighted by Gasteiger charge is -2.25. The number of nitriles is 1. The summed E-state index contributed by atoms with van der Waals surface area (Å²) in [6.07, 6.45) is 12.2. The first-order valence-corrected chi connectivity index (χ1v) is 14.6. The predicted octanol–water partition coefficient (Wildman–Crippen LogP) is 8.77. The first kappa shape index (κ1) is 24.2. The van der Waals surface area contributed by atoms with Crippen LogP contribution < -0.4 is 4.57 Å². The van der Waals surface area contributed by atoms with E-state index in [0.29, 0.717) is 11.5 Å². The van der Waals surface area contributed by atoms with Crippen molar-refractivity contribution in [3.8, 4) is 28.5 Å². The lowest BCUT2D eigenvalue weighted by atomic mass is 9.80. The zero-order chi connectivity index (χ0) is 26.7. The highest BCUT2D eigenvalue weighted by Gasteiger charge is 2.28. The fourth-order valence-electron chi connectivity index (χ4n) is 7.37. The van der Waals surface area contributed by atoms with E-state index < -0.39 is 0 Å². The van der Waals surface area contributed by atoms with Gasteiger partial charge in [-0.15, -0.1) is 0 Å². The second-order valence-electron chi connectivity index (χ2n) is 11.8. The molecule has 2 aliphatic carbocycles. The van der Waals surface area contributed by atoms with Crippen LogP contribution in [0.3, 0.4) is 0 Å². The number of nitrogens with zero attached hydrogens (tertiary/aromatic N) is 2. The zero-order valence-electron chi connectivity index (χ0n) is 23.2. The second-order valence-corrected chi connectivity index (χ2v) is 11.8. The van der Waals surface area contributed by atoms with Crippen LogP contribution in [0.5, 0.6) is 0 Å². The van der Waals surface area contributed by atoms with Crippen molar-refractivity contribution in [3.05, 3.63) is 88.1 Å². The standard InChI is InChI=1S/C36H35N2O/c1-22-18-19-38(3)32(20-22)33-23(2)12-14-30-31-15-13-25(21-37)34(36(31)39-35(30)33)29-17-16-26(24-8-5-4-6-9-24)27-10-7-11-28(27)29/h12-20,24H,4-11H2,1-3H3/q+1. The minimum atomic E-state index is 0.692. The molecule has 0 aliphatic heterocycles. The average molecular weight is 512 g/mol. The van der Waals surface area contributed by atoms with Crippen LogP contribution in [-0.4, -0.2) is 0 Å². The maximum absolute atomic E-state index is 10.3. The molecule has 0 N–H and O–H groups in total. The normalized spacial score (nSPS) is 15.6. The Balaban J connectivity index is 1.50. The number of aryl methyl sites for hydroxylation is 3. The first-order valence-electron chi connectivity index (χ1n) is 14.6. The summed E-state index contributed by atoms with van der Waals surface area (Å²) in [4.78, 5) is 0. The maximum Gasteiger partial charge on any atom is 0.216 e. The Bertz CT molecular complexity index is 1810. The van der Waals surface area contributed by atoms with Gasteiger partial charge in [-0.05, 0) is 97.4 Å². The van der Waals surface area contributed by atoms with Crippen molar-refractivity contribution >= 4 is 21.9 Å². The summed E-state index contributed by atoms with van der Waals surface area (Å²) in [6, 6.07) is 20.0. The monoisotopic (exact) mass is 511 g/mol. The topological polar surface area (TPSA) is 40.8 Å². The zero-order valence-corrected chi connectivity index (χ0v) is 23.2. The van der Waals surface area contributed by atoms with Crippen LogP contribution in [0.15, 0.2) is 59.1 Å². The lowest BCUT2D eigenvalue weighted by Crippen LogP contribution is -2.30. The molecule has 0 unspecified atom stereocenters. The van der Waals surface area contributed by atoms with Crippen LogP contribution in [0.1, 0.15) is 77.8 Å². The third kappa shape index (κ3) is 3.80. The predicted molar refractivity (Wildman–Crippen MR) is 158 cm³/mol. The molecule has 7 rings (SSSR count). The molecular weight excluding hydrogens is 476 g/mol. The van der Waals surface area contributed by atoms with Gasteiger partial charge >= 0.3 is 0 Å². The van der Waals surface area contributed by atoms with Gasteiger partial charge in [0, 0.05) is 28.5 Å². The summed E-state index contributed by atoms with van der Waals surface area (Å²) in [5.41, 5.74) is 13.8. The highest BCUT2D eigenvalue weighted by atomic mass is 16.3. The summed E-state index contributed by atoms with van der Waals surface area (Å²) in [6.45, 7) is 4.29. The van der Waals surface area contributed by atoms with Crippen LogP contribution in [0, 0.1) is 25.2 Å². The van der Waals surface area contributed by atoms with Gasteiger partial charge in [0.15, 0.2) is 6.20 Å². The van der Waals surface area contributed by atoms with Crippen molar-refractivity contribution in [1.29, 1.82) is 5.26 Å². The molecule has 3 heteroatoms. The number of benzene rings is 3. The molecule has 2 aromatic heterocycles. The van der Waals surface area contributed by atoms with E-state index in [1.54, 1.807) is 11.1 Å². The maximum atomic E-state index is 10.3. The molecule has 0 bridgehead atoms. The number of pyridine rings is 1. The average Bonchev–Trinajstić information content (AvgIpc) is 3.59. The van der Waals surface area contributed by atoms with Crippen molar-refractivity contribution < 1.29 is 8.98 Å². The van der Waals surface area contributed by atoms with Gasteiger partial charge in [-0.2, -0.15) is 5.26 Å². The van der Waals surface area contributed by atoms with Crippen molar-refractivity contribution in [1.82, 2.24) is 0 Å². The van der Waals surface area contributed by atoms with Crippen molar-refractivity contribution in [2.24, 2.45) is 7.05 Å². The Morgan fingerprint density at radius 2 is 1.56 bits per heavy atom. The third-order valence-corrected chi connectivity index (χ3v) is 9.34. The quantitative estimate of drug-likeness (QED) is 0.227. The van der Waals surface area contributed by atoms with Crippen LogP contribution in [-0.2, 0) is 19.9 Å². The summed E-state index contributed by atoms with van der Waals surface area (Å²) >= 11 is 0. The van der Waals surface area contributed by atoms with E-state index >= 15 is 0 Å². The van der Waals surface area contributed by atoms with Gasteiger partial charge in [0.2, 0.25) is 5.69 Å². The molecule has 2 aliphatic rings. The molecule has 3 aromatic carbocycles. The van der Waals surface area contributed by atoms with Crippen molar-refractivity contribution in [2.45, 2.75) is 71.1 Å². The molecule has 0 radical (unpaired) electrons. The number of hydrogen-bond acceptors (Lipinski definition) is 2. The van der Waals surface area contributed by atoms with E-state index in [0.717, 1.165) is 51.6 Å². The van der Waals surface area contributed by atoms with Gasteiger partial charge < -0.3 is 4.42 Å². The van der Waals surface area contributed by atoms with E-state index in [1.165, 1.54) is 60.8 Å². The Hall–Kier alpha value is -3.90. The van der Waals surface area contributed by atoms with Gasteiger partial charge in [0.05, 0.1) is 17.2 Å². The van der Waals surface area contributed by atoms with Crippen molar-refractivity contribution in [3.63, 3.8) is 0 Å². The summed E-state index contributed by atoms with van der Waals surface area (Å²) in [5, 5.41) is 12.5. The van der Waals surface area contributed by atoms with Crippen molar-refractivity contribution in [2.75, 3.05) is 0 Å². The van der Waals surface area contributed by atoms with Crippen LogP contribution in [0.4, 0.5) is 0 Å². The van der Waals surface area contributed by atoms with Gasteiger partial charge in [-0.3, -0.25) is 0 Å². The van der Waals surface area contributed by atoms with Gasteiger partial charge in [0.1, 0.15) is 18.2 Å². The summed E-state index contributed by atoms with van der Waals surface area (Å²) < 4.78 is 9.05. The molecule has 0 saturated heterocycles. The third-order valence-electron chi connectivity index (χ3n) is 9.34. The number of furan rings is 1. The largest absolute Gasteiger partial charge is 0.454 e. The number of hydrogen-bond donors (Lipinski definition) is 0. The molecule has 2 heterocycles. The van der Waals surface area contributed by atoms with E-state index in [1.807, 2.05) is 6.07 Å². The molecular formula is C36H35N2O+. The second kappa shape index (κ2) is 9.38. The summed E-state index contributed by atoms with van der Waals surface area (Å²) in [5.74, 6) is 0.692.